The Morgan fingerprint density at radius 1 is 1.41 bits per heavy atom. The van der Waals surface area contributed by atoms with E-state index in [0.717, 1.165) is 19.5 Å². The van der Waals surface area contributed by atoms with Gasteiger partial charge in [-0.05, 0) is 34.1 Å². The molecule has 0 unspecified atom stereocenters. The molecule has 0 aromatic heterocycles. The predicted molar refractivity (Wildman–Crippen MR) is 70.0 cm³/mol. The highest BCUT2D eigenvalue weighted by Gasteiger charge is 2.28. The van der Waals surface area contributed by atoms with Gasteiger partial charge in [-0.25, -0.2) is 4.79 Å². The molecule has 17 heavy (non-hydrogen) atoms. The minimum atomic E-state index is -0.421. The van der Waals surface area contributed by atoms with Crippen molar-refractivity contribution in [3.63, 3.8) is 0 Å². The topological polar surface area (TPSA) is 29.5 Å². The Labute approximate surface area is 105 Å². The van der Waals surface area contributed by atoms with E-state index in [1.165, 1.54) is 5.57 Å². The van der Waals surface area contributed by atoms with Gasteiger partial charge in [0.2, 0.25) is 0 Å². The highest BCUT2D eigenvalue weighted by Crippen LogP contribution is 2.26. The van der Waals surface area contributed by atoms with Gasteiger partial charge in [0, 0.05) is 18.5 Å². The lowest BCUT2D eigenvalue weighted by molar-refractivity contribution is 0.0212. The van der Waals surface area contributed by atoms with Crippen LogP contribution in [0.2, 0.25) is 0 Å². The minimum Gasteiger partial charge on any atom is -0.444 e. The second-order valence-electron chi connectivity index (χ2n) is 6.63. The molecule has 0 aromatic rings. The van der Waals surface area contributed by atoms with Crippen molar-refractivity contribution in [3.05, 3.63) is 11.6 Å². The molecular formula is C14H25NO2. The van der Waals surface area contributed by atoms with E-state index in [9.17, 15) is 4.79 Å². The summed E-state index contributed by atoms with van der Waals surface area (Å²) in [6.07, 6.45) is 2.99. The molecule has 0 atom stereocenters. The van der Waals surface area contributed by atoms with Crippen LogP contribution in [0.3, 0.4) is 0 Å². The first-order valence-corrected chi connectivity index (χ1v) is 6.25. The first-order valence-electron chi connectivity index (χ1n) is 6.25. The van der Waals surface area contributed by atoms with E-state index < -0.39 is 5.60 Å². The lowest BCUT2D eigenvalue weighted by atomic mass is 9.91. The molecule has 1 amide bonds. The van der Waals surface area contributed by atoms with Crippen LogP contribution in [0.5, 0.6) is 0 Å². The second-order valence-corrected chi connectivity index (χ2v) is 6.63. The number of hydrogen-bond donors (Lipinski definition) is 0. The summed E-state index contributed by atoms with van der Waals surface area (Å²) in [4.78, 5) is 13.9. The molecule has 0 radical (unpaired) electrons. The number of nitrogens with zero attached hydrogens (tertiary/aromatic N) is 1. The number of carbonyl (C=O) groups excluding carboxylic acids is 1. The Morgan fingerprint density at radius 2 is 2.00 bits per heavy atom. The number of carbonyl (C=O) groups is 1. The molecule has 0 aliphatic carbocycles. The summed E-state index contributed by atoms with van der Waals surface area (Å²) in [5.74, 6) is 0. The highest BCUT2D eigenvalue weighted by molar-refractivity contribution is 5.68. The lowest BCUT2D eigenvalue weighted by Crippen LogP contribution is -2.41. The fraction of sp³-hybridized carbons (Fsp3) is 0.786. The third-order valence-electron chi connectivity index (χ3n) is 2.66. The molecule has 3 nitrogen and oxygen atoms in total. The van der Waals surface area contributed by atoms with Crippen LogP contribution in [0.4, 0.5) is 4.79 Å². The van der Waals surface area contributed by atoms with E-state index in [2.05, 4.69) is 26.8 Å². The molecule has 0 saturated carbocycles. The maximum absolute atomic E-state index is 12.0. The van der Waals surface area contributed by atoms with Crippen molar-refractivity contribution in [1.29, 1.82) is 0 Å². The molecule has 0 spiro atoms. The van der Waals surface area contributed by atoms with Gasteiger partial charge in [0.05, 0.1) is 0 Å². The second kappa shape index (κ2) is 4.71. The molecule has 0 N–H and O–H groups in total. The molecule has 0 saturated heterocycles. The molecule has 1 heterocycles. The van der Waals surface area contributed by atoms with Crippen molar-refractivity contribution in [2.75, 3.05) is 13.1 Å². The van der Waals surface area contributed by atoms with E-state index >= 15 is 0 Å². The van der Waals surface area contributed by atoms with E-state index in [-0.39, 0.29) is 11.5 Å². The summed E-state index contributed by atoms with van der Waals surface area (Å²) in [6.45, 7) is 13.6. The van der Waals surface area contributed by atoms with Gasteiger partial charge in [0.25, 0.3) is 0 Å². The van der Waals surface area contributed by atoms with Gasteiger partial charge in [-0.1, -0.05) is 25.5 Å². The lowest BCUT2D eigenvalue weighted by Gasteiger charge is -2.30. The number of hydrogen-bond acceptors (Lipinski definition) is 2. The number of ether oxygens (including phenoxy) is 1. The number of rotatable bonds is 0. The van der Waals surface area contributed by atoms with Crippen LogP contribution < -0.4 is 0 Å². The average Bonchev–Trinajstić information content (AvgIpc) is 2.20. The van der Waals surface area contributed by atoms with Gasteiger partial charge in [-0.15, -0.1) is 0 Å². The minimum absolute atomic E-state index is 0.0253. The fourth-order valence-corrected chi connectivity index (χ4v) is 2.15. The molecule has 1 rings (SSSR count). The smallest absolute Gasteiger partial charge is 0.410 e. The average molecular weight is 239 g/mol. The summed E-state index contributed by atoms with van der Waals surface area (Å²) in [6, 6.07) is 0. The molecule has 0 bridgehead atoms. The van der Waals surface area contributed by atoms with E-state index in [4.69, 9.17) is 4.74 Å². The number of amides is 1. The Kier molecular flexibility index (Phi) is 3.90. The standard InChI is InChI=1S/C14H25NO2/c1-11-7-8-15(10-14(5,6)9-11)12(16)17-13(2,3)4/h9H,7-8,10H2,1-6H3. The van der Waals surface area contributed by atoms with Crippen molar-refractivity contribution in [1.82, 2.24) is 4.90 Å². The van der Waals surface area contributed by atoms with Gasteiger partial charge in [-0.2, -0.15) is 0 Å². The fourth-order valence-electron chi connectivity index (χ4n) is 2.15. The largest absolute Gasteiger partial charge is 0.444 e. The van der Waals surface area contributed by atoms with Crippen molar-refractivity contribution >= 4 is 6.09 Å². The van der Waals surface area contributed by atoms with Crippen LogP contribution in [0.1, 0.15) is 48.0 Å². The quantitative estimate of drug-likeness (QED) is 0.604. The Hall–Kier alpha value is -0.990. The SMILES string of the molecule is CC1=CC(C)(C)CN(C(=O)OC(C)(C)C)CC1. The first kappa shape index (κ1) is 14.1. The maximum atomic E-state index is 12.0. The summed E-state index contributed by atoms with van der Waals surface area (Å²) in [5, 5.41) is 0. The normalized spacial score (nSPS) is 20.6. The summed E-state index contributed by atoms with van der Waals surface area (Å²) in [5.41, 5.74) is 0.953. The van der Waals surface area contributed by atoms with Crippen LogP contribution in [0.15, 0.2) is 11.6 Å². The zero-order chi connectivity index (χ0) is 13.3. The van der Waals surface area contributed by atoms with E-state index in [0.29, 0.717) is 0 Å². The summed E-state index contributed by atoms with van der Waals surface area (Å²) < 4.78 is 5.43. The third-order valence-corrected chi connectivity index (χ3v) is 2.66. The van der Waals surface area contributed by atoms with Crippen molar-refractivity contribution in [3.8, 4) is 0 Å². The third kappa shape index (κ3) is 4.80. The van der Waals surface area contributed by atoms with E-state index in [1.807, 2.05) is 25.7 Å². The van der Waals surface area contributed by atoms with Crippen LogP contribution in [0.25, 0.3) is 0 Å². The molecule has 3 heteroatoms. The Morgan fingerprint density at radius 3 is 2.53 bits per heavy atom. The van der Waals surface area contributed by atoms with Crippen molar-refractivity contribution < 1.29 is 9.53 Å². The molecule has 1 aliphatic heterocycles. The molecule has 98 valence electrons. The van der Waals surface area contributed by atoms with Crippen LogP contribution in [-0.4, -0.2) is 29.7 Å². The van der Waals surface area contributed by atoms with E-state index in [1.54, 1.807) is 0 Å². The van der Waals surface area contributed by atoms with Crippen LogP contribution in [0, 0.1) is 5.41 Å². The summed E-state index contributed by atoms with van der Waals surface area (Å²) in [7, 11) is 0. The van der Waals surface area contributed by atoms with Gasteiger partial charge in [0.15, 0.2) is 0 Å². The highest BCUT2D eigenvalue weighted by atomic mass is 16.6. The Balaban J connectivity index is 2.71. The molecule has 0 aromatic carbocycles. The van der Waals surface area contributed by atoms with Gasteiger partial charge in [0.1, 0.15) is 5.60 Å². The van der Waals surface area contributed by atoms with Gasteiger partial charge >= 0.3 is 6.09 Å². The zero-order valence-electron chi connectivity index (χ0n) is 12.0. The molecule has 1 aliphatic rings. The molecule has 0 fully saturated rings. The Bertz CT molecular complexity index is 324. The van der Waals surface area contributed by atoms with Crippen LogP contribution >= 0.6 is 0 Å². The predicted octanol–water partition coefficient (Wildman–Crippen LogP) is 3.60. The summed E-state index contributed by atoms with van der Waals surface area (Å²) >= 11 is 0. The first-order chi connectivity index (χ1) is 7.59. The van der Waals surface area contributed by atoms with Gasteiger partial charge in [-0.3, -0.25) is 0 Å². The van der Waals surface area contributed by atoms with Crippen LogP contribution in [-0.2, 0) is 4.74 Å². The monoisotopic (exact) mass is 239 g/mol. The maximum Gasteiger partial charge on any atom is 0.410 e. The molecular weight excluding hydrogens is 214 g/mol. The van der Waals surface area contributed by atoms with Crippen molar-refractivity contribution in [2.24, 2.45) is 5.41 Å². The van der Waals surface area contributed by atoms with Gasteiger partial charge < -0.3 is 9.64 Å². The zero-order valence-corrected chi connectivity index (χ0v) is 12.0. The van der Waals surface area contributed by atoms with Crippen molar-refractivity contribution in [2.45, 2.75) is 53.6 Å².